The molecule has 0 aromatic heterocycles. The van der Waals surface area contributed by atoms with E-state index in [1.54, 1.807) is 0 Å². The molecule has 0 aromatic carbocycles. The van der Waals surface area contributed by atoms with Crippen LogP contribution in [0.25, 0.3) is 0 Å². The van der Waals surface area contributed by atoms with E-state index in [9.17, 15) is 9.59 Å². The molecule has 0 radical (unpaired) electrons. The van der Waals surface area contributed by atoms with Gasteiger partial charge in [-0.25, -0.2) is 0 Å². The predicted octanol–water partition coefficient (Wildman–Crippen LogP) is 0.529. The molecule has 0 heterocycles. The molecule has 0 unspecified atom stereocenters. The lowest BCUT2D eigenvalue weighted by molar-refractivity contribution is -0.148. The Bertz CT molecular complexity index is 162. The molecule has 1 atom stereocenters. The fourth-order valence-electron chi connectivity index (χ4n) is 1.21. The Morgan fingerprint density at radius 3 is 2.80 bits per heavy atom. The molecule has 0 amide bonds. The molecule has 3 heteroatoms. The van der Waals surface area contributed by atoms with Crippen molar-refractivity contribution in [2.45, 2.75) is 19.3 Å². The first-order valence-corrected chi connectivity index (χ1v) is 3.36. The van der Waals surface area contributed by atoms with Gasteiger partial charge in [0.15, 0.2) is 0 Å². The van der Waals surface area contributed by atoms with Crippen LogP contribution >= 0.6 is 0 Å². The van der Waals surface area contributed by atoms with Gasteiger partial charge in [-0.2, -0.15) is 0 Å². The highest BCUT2D eigenvalue weighted by Crippen LogP contribution is 2.21. The number of ether oxygens (including phenoxy) is 1. The molecule has 0 spiro atoms. The molecule has 56 valence electrons. The molecule has 0 N–H and O–H groups in total. The Kier molecular flexibility index (Phi) is 2.04. The second-order valence-corrected chi connectivity index (χ2v) is 2.43. The predicted molar refractivity (Wildman–Crippen MR) is 34.4 cm³/mol. The van der Waals surface area contributed by atoms with E-state index in [1.165, 1.54) is 7.11 Å². The minimum absolute atomic E-state index is 0.0341. The minimum atomic E-state index is -0.454. The van der Waals surface area contributed by atoms with Crippen molar-refractivity contribution in [3.8, 4) is 0 Å². The summed E-state index contributed by atoms with van der Waals surface area (Å²) in [6, 6.07) is 0. The number of hydrogen-bond donors (Lipinski definition) is 0. The number of hydrogen-bond acceptors (Lipinski definition) is 3. The van der Waals surface area contributed by atoms with E-state index in [2.05, 4.69) is 4.74 Å². The Morgan fingerprint density at radius 2 is 2.40 bits per heavy atom. The smallest absolute Gasteiger partial charge is 0.316 e. The molecule has 0 saturated heterocycles. The monoisotopic (exact) mass is 142 g/mol. The zero-order valence-corrected chi connectivity index (χ0v) is 5.92. The summed E-state index contributed by atoms with van der Waals surface area (Å²) in [7, 11) is 1.31. The summed E-state index contributed by atoms with van der Waals surface area (Å²) in [6.07, 6.45) is 2.05. The average molecular weight is 142 g/mol. The number of rotatable bonds is 1. The average Bonchev–Trinajstić information content (AvgIpc) is 2.34. The van der Waals surface area contributed by atoms with Crippen LogP contribution in [0.15, 0.2) is 0 Å². The molecule has 1 rings (SSSR count). The van der Waals surface area contributed by atoms with Crippen LogP contribution in [-0.2, 0) is 14.3 Å². The number of carbonyl (C=O) groups is 2. The van der Waals surface area contributed by atoms with Crippen molar-refractivity contribution in [2.75, 3.05) is 7.11 Å². The summed E-state index contributed by atoms with van der Waals surface area (Å²) in [5.74, 6) is -0.792. The van der Waals surface area contributed by atoms with Gasteiger partial charge >= 0.3 is 5.97 Å². The summed E-state index contributed by atoms with van der Waals surface area (Å²) >= 11 is 0. The molecule has 0 bridgehead atoms. The minimum Gasteiger partial charge on any atom is -0.468 e. The van der Waals surface area contributed by atoms with Gasteiger partial charge in [-0.05, 0) is 12.8 Å². The third-order valence-corrected chi connectivity index (χ3v) is 1.79. The molecule has 1 aliphatic rings. The van der Waals surface area contributed by atoms with Crippen LogP contribution in [0.2, 0.25) is 0 Å². The van der Waals surface area contributed by atoms with E-state index in [0.29, 0.717) is 12.8 Å². The maximum atomic E-state index is 10.9. The maximum absolute atomic E-state index is 10.9. The van der Waals surface area contributed by atoms with Crippen molar-refractivity contribution in [2.24, 2.45) is 5.92 Å². The Labute approximate surface area is 59.4 Å². The first-order chi connectivity index (χ1) is 4.75. The van der Waals surface area contributed by atoms with Gasteiger partial charge < -0.3 is 4.74 Å². The standard InChI is InChI=1S/C7H10O3/c1-10-7(9)5-3-2-4-6(5)8/h5H,2-4H2,1H3/t5-/m0/s1. The molecule has 1 fully saturated rings. The van der Waals surface area contributed by atoms with Crippen molar-refractivity contribution in [1.29, 1.82) is 0 Å². The van der Waals surface area contributed by atoms with Crippen LogP contribution < -0.4 is 0 Å². The van der Waals surface area contributed by atoms with E-state index in [-0.39, 0.29) is 11.8 Å². The molecular formula is C7H10O3. The zero-order chi connectivity index (χ0) is 7.56. The van der Waals surface area contributed by atoms with Gasteiger partial charge in [-0.1, -0.05) is 0 Å². The second kappa shape index (κ2) is 2.82. The van der Waals surface area contributed by atoms with Crippen molar-refractivity contribution < 1.29 is 14.3 Å². The van der Waals surface area contributed by atoms with Gasteiger partial charge in [0.05, 0.1) is 7.11 Å². The first kappa shape index (κ1) is 7.25. The largest absolute Gasteiger partial charge is 0.468 e. The highest BCUT2D eigenvalue weighted by Gasteiger charge is 2.31. The quantitative estimate of drug-likeness (QED) is 0.396. The fraction of sp³-hybridized carbons (Fsp3) is 0.714. The summed E-state index contributed by atoms with van der Waals surface area (Å²) in [5, 5.41) is 0. The Morgan fingerprint density at radius 1 is 1.70 bits per heavy atom. The van der Waals surface area contributed by atoms with Crippen molar-refractivity contribution in [3.05, 3.63) is 0 Å². The first-order valence-electron chi connectivity index (χ1n) is 3.36. The molecular weight excluding hydrogens is 132 g/mol. The number of Topliss-reactive ketones (excluding diaryl/α,β-unsaturated/α-hetero) is 1. The van der Waals surface area contributed by atoms with Crippen molar-refractivity contribution in [1.82, 2.24) is 0 Å². The number of esters is 1. The van der Waals surface area contributed by atoms with Crippen molar-refractivity contribution in [3.63, 3.8) is 0 Å². The molecule has 0 aromatic rings. The lowest BCUT2D eigenvalue weighted by atomic mass is 10.1. The van der Waals surface area contributed by atoms with Crippen molar-refractivity contribution >= 4 is 11.8 Å². The van der Waals surface area contributed by atoms with Crippen LogP contribution in [0.5, 0.6) is 0 Å². The van der Waals surface area contributed by atoms with Crippen LogP contribution in [-0.4, -0.2) is 18.9 Å². The molecule has 10 heavy (non-hydrogen) atoms. The molecule has 0 aliphatic heterocycles. The normalized spacial score (nSPS) is 24.9. The van der Waals surface area contributed by atoms with Gasteiger partial charge in [0.2, 0.25) is 0 Å². The van der Waals surface area contributed by atoms with Gasteiger partial charge in [0, 0.05) is 6.42 Å². The fourth-order valence-corrected chi connectivity index (χ4v) is 1.21. The van der Waals surface area contributed by atoms with Crippen LogP contribution in [0, 0.1) is 5.92 Å². The Hall–Kier alpha value is -0.860. The van der Waals surface area contributed by atoms with E-state index in [4.69, 9.17) is 0 Å². The second-order valence-electron chi connectivity index (χ2n) is 2.43. The van der Waals surface area contributed by atoms with Gasteiger partial charge in [-0.15, -0.1) is 0 Å². The highest BCUT2D eigenvalue weighted by atomic mass is 16.5. The topological polar surface area (TPSA) is 43.4 Å². The molecule has 1 saturated carbocycles. The summed E-state index contributed by atoms with van der Waals surface area (Å²) < 4.78 is 4.44. The Balaban J connectivity index is 2.55. The number of carbonyl (C=O) groups excluding carboxylic acids is 2. The number of ketones is 1. The highest BCUT2D eigenvalue weighted by molar-refractivity contribution is 6.00. The zero-order valence-electron chi connectivity index (χ0n) is 5.92. The van der Waals surface area contributed by atoms with Gasteiger partial charge in [0.1, 0.15) is 11.7 Å². The van der Waals surface area contributed by atoms with Gasteiger partial charge in [0.25, 0.3) is 0 Å². The van der Waals surface area contributed by atoms with Crippen LogP contribution in [0.1, 0.15) is 19.3 Å². The summed E-state index contributed by atoms with van der Waals surface area (Å²) in [5.41, 5.74) is 0. The summed E-state index contributed by atoms with van der Waals surface area (Å²) in [6.45, 7) is 0. The molecule has 3 nitrogen and oxygen atoms in total. The summed E-state index contributed by atoms with van der Waals surface area (Å²) in [4.78, 5) is 21.7. The number of methoxy groups -OCH3 is 1. The van der Waals surface area contributed by atoms with Gasteiger partial charge in [-0.3, -0.25) is 9.59 Å². The lowest BCUT2D eigenvalue weighted by Crippen LogP contribution is -2.19. The van der Waals surface area contributed by atoms with E-state index in [1.807, 2.05) is 0 Å². The van der Waals surface area contributed by atoms with Crippen LogP contribution in [0.4, 0.5) is 0 Å². The third-order valence-electron chi connectivity index (χ3n) is 1.79. The maximum Gasteiger partial charge on any atom is 0.316 e. The molecule has 1 aliphatic carbocycles. The van der Waals surface area contributed by atoms with E-state index >= 15 is 0 Å². The van der Waals surface area contributed by atoms with Crippen LogP contribution in [0.3, 0.4) is 0 Å². The lowest BCUT2D eigenvalue weighted by Gasteiger charge is -2.02. The van der Waals surface area contributed by atoms with E-state index in [0.717, 1.165) is 6.42 Å². The third kappa shape index (κ3) is 1.17. The van der Waals surface area contributed by atoms with E-state index < -0.39 is 5.92 Å². The SMILES string of the molecule is COC(=O)[C@H]1CCCC1=O.